The van der Waals surface area contributed by atoms with Crippen LogP contribution in [-0.4, -0.2) is 11.8 Å². The smallest absolute Gasteiger partial charge is 0.391 e. The van der Waals surface area contributed by atoms with E-state index in [9.17, 15) is 13.2 Å². The van der Waals surface area contributed by atoms with Gasteiger partial charge in [-0.2, -0.15) is 13.2 Å². The Morgan fingerprint density at radius 3 is 2.70 bits per heavy atom. The van der Waals surface area contributed by atoms with Crippen molar-refractivity contribution in [1.82, 2.24) is 0 Å². The molecule has 1 spiro atoms. The predicted molar refractivity (Wildman–Crippen MR) is 69.4 cm³/mol. The number of fused-ring (bicyclic) bond motifs is 1. The topological polar surface area (TPSA) is 35.2 Å². The summed E-state index contributed by atoms with van der Waals surface area (Å²) in [6.45, 7) is 0. The van der Waals surface area contributed by atoms with Gasteiger partial charge in [0.2, 0.25) is 0 Å². The summed E-state index contributed by atoms with van der Waals surface area (Å²) in [5.74, 6) is -0.622. The third kappa shape index (κ3) is 2.39. The molecule has 1 fully saturated rings. The van der Waals surface area contributed by atoms with Gasteiger partial charge in [-0.3, -0.25) is 0 Å². The number of para-hydroxylation sites is 1. The summed E-state index contributed by atoms with van der Waals surface area (Å²) >= 11 is 0. The molecule has 3 atom stereocenters. The molecule has 1 aliphatic carbocycles. The number of ether oxygens (including phenoxy) is 1. The lowest BCUT2D eigenvalue weighted by atomic mass is 9.72. The Balaban J connectivity index is 1.87. The highest BCUT2D eigenvalue weighted by molar-refractivity contribution is 5.38. The molecular weight excluding hydrogens is 267 g/mol. The number of alkyl halides is 3. The first kappa shape index (κ1) is 13.7. The molecule has 5 heteroatoms. The van der Waals surface area contributed by atoms with Crippen molar-refractivity contribution in [3.63, 3.8) is 0 Å². The van der Waals surface area contributed by atoms with Crippen molar-refractivity contribution in [2.75, 3.05) is 0 Å². The second-order valence-electron chi connectivity index (χ2n) is 5.97. The Kier molecular flexibility index (Phi) is 3.20. The Morgan fingerprint density at radius 2 is 1.95 bits per heavy atom. The molecule has 2 unspecified atom stereocenters. The zero-order valence-corrected chi connectivity index (χ0v) is 11.1. The van der Waals surface area contributed by atoms with Crippen molar-refractivity contribution in [3.8, 4) is 5.75 Å². The largest absolute Gasteiger partial charge is 0.487 e. The molecule has 1 aromatic rings. The van der Waals surface area contributed by atoms with E-state index < -0.39 is 17.7 Å². The van der Waals surface area contributed by atoms with Gasteiger partial charge in [0.15, 0.2) is 0 Å². The van der Waals surface area contributed by atoms with Crippen LogP contribution in [0.2, 0.25) is 0 Å². The second-order valence-corrected chi connectivity index (χ2v) is 5.97. The minimum absolute atomic E-state index is 0.0263. The maximum absolute atomic E-state index is 13.0. The van der Waals surface area contributed by atoms with Gasteiger partial charge in [0.05, 0.1) is 5.92 Å². The lowest BCUT2D eigenvalue weighted by molar-refractivity contribution is -0.199. The van der Waals surface area contributed by atoms with E-state index in [0.29, 0.717) is 25.0 Å². The van der Waals surface area contributed by atoms with Gasteiger partial charge in [-0.25, -0.2) is 0 Å². The molecule has 2 nitrogen and oxygen atoms in total. The predicted octanol–water partition coefficient (Wildman–Crippen LogP) is 3.96. The number of halogens is 3. The van der Waals surface area contributed by atoms with Gasteiger partial charge in [0.25, 0.3) is 0 Å². The number of benzene rings is 1. The number of hydrogen-bond donors (Lipinski definition) is 1. The summed E-state index contributed by atoms with van der Waals surface area (Å²) in [5, 5.41) is 0. The highest BCUT2D eigenvalue weighted by atomic mass is 19.4. The van der Waals surface area contributed by atoms with Crippen LogP contribution in [0.1, 0.15) is 43.7 Å². The average molecular weight is 285 g/mol. The molecule has 3 rings (SSSR count). The van der Waals surface area contributed by atoms with Gasteiger partial charge < -0.3 is 10.5 Å². The van der Waals surface area contributed by atoms with E-state index in [4.69, 9.17) is 10.5 Å². The lowest BCUT2D eigenvalue weighted by Gasteiger charge is -2.46. The molecule has 0 saturated heterocycles. The first-order valence-electron chi connectivity index (χ1n) is 7.00. The SMILES string of the molecule is N[C@@H]1CC2(CCCC(C(F)(F)F)C2)Oc2ccccc21. The molecule has 1 heterocycles. The minimum Gasteiger partial charge on any atom is -0.487 e. The standard InChI is InChI=1S/C15H18F3NO/c16-15(17,18)10-4-3-7-14(8-10)9-12(19)11-5-1-2-6-13(11)20-14/h1-2,5-6,10,12H,3-4,7-9,19H2/t10?,12-,14?/m1/s1. The van der Waals surface area contributed by atoms with Gasteiger partial charge >= 0.3 is 6.18 Å². The highest BCUT2D eigenvalue weighted by Crippen LogP contribution is 2.49. The van der Waals surface area contributed by atoms with Crippen LogP contribution in [0.25, 0.3) is 0 Å². The summed E-state index contributed by atoms with van der Waals surface area (Å²) in [5.41, 5.74) is 6.30. The summed E-state index contributed by atoms with van der Waals surface area (Å²) in [6.07, 6.45) is -2.25. The van der Waals surface area contributed by atoms with Gasteiger partial charge in [-0.1, -0.05) is 18.2 Å². The zero-order valence-electron chi connectivity index (χ0n) is 11.1. The highest BCUT2D eigenvalue weighted by Gasteiger charge is 2.50. The Morgan fingerprint density at radius 1 is 1.20 bits per heavy atom. The van der Waals surface area contributed by atoms with E-state index in [1.165, 1.54) is 0 Å². The quantitative estimate of drug-likeness (QED) is 0.783. The molecule has 0 radical (unpaired) electrons. The second kappa shape index (κ2) is 4.65. The average Bonchev–Trinajstić information content (AvgIpc) is 2.37. The van der Waals surface area contributed by atoms with Crippen molar-refractivity contribution in [3.05, 3.63) is 29.8 Å². The molecule has 1 aromatic carbocycles. The molecule has 1 aliphatic heterocycles. The molecule has 2 N–H and O–H groups in total. The minimum atomic E-state index is -4.14. The van der Waals surface area contributed by atoms with Crippen LogP contribution in [-0.2, 0) is 0 Å². The van der Waals surface area contributed by atoms with Crippen LogP contribution in [0, 0.1) is 5.92 Å². The molecule has 0 amide bonds. The van der Waals surface area contributed by atoms with Crippen LogP contribution in [0.5, 0.6) is 5.75 Å². The lowest BCUT2D eigenvalue weighted by Crippen LogP contribution is -2.48. The molecular formula is C15H18F3NO. The van der Waals surface area contributed by atoms with Crippen molar-refractivity contribution in [1.29, 1.82) is 0 Å². The first-order chi connectivity index (χ1) is 9.40. The van der Waals surface area contributed by atoms with Gasteiger partial charge in [0.1, 0.15) is 11.4 Å². The van der Waals surface area contributed by atoms with E-state index in [-0.39, 0.29) is 18.9 Å². The maximum Gasteiger partial charge on any atom is 0.391 e. The first-order valence-corrected chi connectivity index (χ1v) is 7.00. The van der Waals surface area contributed by atoms with E-state index >= 15 is 0 Å². The Labute approximate surface area is 116 Å². The molecule has 0 aromatic heterocycles. The fraction of sp³-hybridized carbons (Fsp3) is 0.600. The van der Waals surface area contributed by atoms with Crippen LogP contribution < -0.4 is 10.5 Å². The third-order valence-electron chi connectivity index (χ3n) is 4.50. The van der Waals surface area contributed by atoms with Gasteiger partial charge in [0, 0.05) is 18.0 Å². The Bertz CT molecular complexity index is 502. The zero-order chi connectivity index (χ0) is 14.4. The number of nitrogens with two attached hydrogens (primary N) is 1. The maximum atomic E-state index is 13.0. The van der Waals surface area contributed by atoms with Gasteiger partial charge in [-0.05, 0) is 31.7 Å². The number of hydrogen-bond acceptors (Lipinski definition) is 2. The third-order valence-corrected chi connectivity index (χ3v) is 4.50. The fourth-order valence-electron chi connectivity index (χ4n) is 3.55. The van der Waals surface area contributed by atoms with Crippen LogP contribution >= 0.6 is 0 Å². The molecule has 20 heavy (non-hydrogen) atoms. The molecule has 0 bridgehead atoms. The normalized spacial score (nSPS) is 33.6. The van der Waals surface area contributed by atoms with E-state index in [1.807, 2.05) is 18.2 Å². The summed E-state index contributed by atoms with van der Waals surface area (Å²) in [7, 11) is 0. The van der Waals surface area contributed by atoms with Crippen LogP contribution in [0.4, 0.5) is 13.2 Å². The molecule has 1 saturated carbocycles. The number of rotatable bonds is 0. The molecule has 110 valence electrons. The van der Waals surface area contributed by atoms with Crippen molar-refractivity contribution in [2.24, 2.45) is 11.7 Å². The van der Waals surface area contributed by atoms with Crippen molar-refractivity contribution in [2.45, 2.75) is 49.9 Å². The van der Waals surface area contributed by atoms with Crippen LogP contribution in [0.3, 0.4) is 0 Å². The van der Waals surface area contributed by atoms with Gasteiger partial charge in [-0.15, -0.1) is 0 Å². The fourth-order valence-corrected chi connectivity index (χ4v) is 3.55. The molecule has 2 aliphatic rings. The summed E-state index contributed by atoms with van der Waals surface area (Å²) in [4.78, 5) is 0. The van der Waals surface area contributed by atoms with Crippen molar-refractivity contribution < 1.29 is 17.9 Å². The van der Waals surface area contributed by atoms with E-state index in [2.05, 4.69) is 0 Å². The van der Waals surface area contributed by atoms with Crippen molar-refractivity contribution >= 4 is 0 Å². The monoisotopic (exact) mass is 285 g/mol. The summed E-state index contributed by atoms with van der Waals surface area (Å²) in [6, 6.07) is 7.14. The summed E-state index contributed by atoms with van der Waals surface area (Å²) < 4.78 is 44.9. The van der Waals surface area contributed by atoms with Crippen LogP contribution in [0.15, 0.2) is 24.3 Å². The van der Waals surface area contributed by atoms with E-state index in [0.717, 1.165) is 5.56 Å². The Hall–Kier alpha value is -1.23. The van der Waals surface area contributed by atoms with E-state index in [1.54, 1.807) is 6.07 Å².